The number of rotatable bonds is 8. The van der Waals surface area contributed by atoms with Gasteiger partial charge >= 0.3 is 0 Å². The molecule has 1 aromatic rings. The lowest BCUT2D eigenvalue weighted by Gasteiger charge is -2.22. The van der Waals surface area contributed by atoms with Crippen molar-refractivity contribution >= 4 is 11.8 Å². The molecule has 1 heterocycles. The molecule has 0 saturated heterocycles. The fraction of sp³-hybridized carbons (Fsp3) is 0.625. The van der Waals surface area contributed by atoms with Crippen molar-refractivity contribution in [2.45, 2.75) is 53.0 Å². The maximum absolute atomic E-state index is 12.4. The Balaban J connectivity index is 2.62. The van der Waals surface area contributed by atoms with E-state index in [0.29, 0.717) is 25.2 Å². The Morgan fingerprint density at radius 1 is 1.23 bits per heavy atom. The van der Waals surface area contributed by atoms with E-state index in [4.69, 9.17) is 0 Å². The average Bonchev–Trinajstić information content (AvgIpc) is 2.51. The second-order valence-corrected chi connectivity index (χ2v) is 5.46. The van der Waals surface area contributed by atoms with Crippen LogP contribution in [0.2, 0.25) is 0 Å². The highest BCUT2D eigenvalue weighted by Crippen LogP contribution is 2.04. The van der Waals surface area contributed by atoms with Crippen molar-refractivity contribution in [3.63, 3.8) is 0 Å². The van der Waals surface area contributed by atoms with Crippen LogP contribution >= 0.6 is 0 Å². The molecule has 22 heavy (non-hydrogen) atoms. The molecule has 2 amide bonds. The van der Waals surface area contributed by atoms with Gasteiger partial charge in [0.15, 0.2) is 0 Å². The number of amides is 2. The molecule has 0 aliphatic carbocycles. The second-order valence-electron chi connectivity index (χ2n) is 5.46. The summed E-state index contributed by atoms with van der Waals surface area (Å²) in [5.74, 6) is -0.205. The summed E-state index contributed by atoms with van der Waals surface area (Å²) in [7, 11) is 0. The van der Waals surface area contributed by atoms with Crippen LogP contribution in [0.3, 0.4) is 0 Å². The van der Waals surface area contributed by atoms with Gasteiger partial charge < -0.3 is 10.2 Å². The van der Waals surface area contributed by atoms with Crippen LogP contribution in [-0.4, -0.2) is 45.8 Å². The van der Waals surface area contributed by atoms with Gasteiger partial charge in [0.05, 0.1) is 11.9 Å². The Hall–Kier alpha value is -1.98. The third kappa shape index (κ3) is 5.79. The first-order valence-electron chi connectivity index (χ1n) is 7.85. The Labute approximate surface area is 132 Å². The summed E-state index contributed by atoms with van der Waals surface area (Å²) in [5.41, 5.74) is 1.09. The van der Waals surface area contributed by atoms with Gasteiger partial charge in [-0.3, -0.25) is 14.6 Å². The van der Waals surface area contributed by atoms with Crippen molar-refractivity contribution in [1.82, 2.24) is 20.2 Å². The summed E-state index contributed by atoms with van der Waals surface area (Å²) in [5, 5.41) is 2.91. The third-order valence-corrected chi connectivity index (χ3v) is 3.41. The van der Waals surface area contributed by atoms with Crippen molar-refractivity contribution in [3.05, 3.63) is 23.8 Å². The van der Waals surface area contributed by atoms with Gasteiger partial charge in [-0.2, -0.15) is 0 Å². The first kappa shape index (κ1) is 18.1. The lowest BCUT2D eigenvalue weighted by Crippen LogP contribution is -2.38. The van der Waals surface area contributed by atoms with E-state index in [1.807, 2.05) is 27.7 Å². The monoisotopic (exact) mass is 306 g/mol. The topological polar surface area (TPSA) is 75.2 Å². The number of aromatic nitrogens is 2. The molecule has 1 atom stereocenters. The van der Waals surface area contributed by atoms with Crippen LogP contribution in [0, 0.1) is 6.92 Å². The molecule has 0 radical (unpaired) electrons. The fourth-order valence-corrected chi connectivity index (χ4v) is 1.94. The number of carbonyl (C=O) groups excluding carboxylic acids is 2. The molecule has 6 heteroatoms. The van der Waals surface area contributed by atoms with Crippen LogP contribution in [0.1, 0.15) is 56.2 Å². The highest BCUT2D eigenvalue weighted by atomic mass is 16.2. The largest absolute Gasteiger partial charge is 0.354 e. The predicted molar refractivity (Wildman–Crippen MR) is 85.5 cm³/mol. The molecule has 0 aliphatic rings. The molecule has 122 valence electrons. The van der Waals surface area contributed by atoms with Crippen LogP contribution in [0.4, 0.5) is 0 Å². The molecule has 1 N–H and O–H groups in total. The van der Waals surface area contributed by atoms with Gasteiger partial charge in [0.25, 0.3) is 5.91 Å². The van der Waals surface area contributed by atoms with E-state index in [9.17, 15) is 9.59 Å². The number of carbonyl (C=O) groups is 2. The Bertz CT molecular complexity index is 487. The maximum Gasteiger partial charge on any atom is 0.274 e. The summed E-state index contributed by atoms with van der Waals surface area (Å²) in [6, 6.07) is 0.158. The predicted octanol–water partition coefficient (Wildman–Crippen LogP) is 1.94. The summed E-state index contributed by atoms with van der Waals surface area (Å²) < 4.78 is 0. The first-order chi connectivity index (χ1) is 10.5. The molecule has 0 saturated carbocycles. The Morgan fingerprint density at radius 2 is 1.95 bits per heavy atom. The molecule has 1 rings (SSSR count). The molecular formula is C16H26N4O2. The van der Waals surface area contributed by atoms with Gasteiger partial charge in [0.2, 0.25) is 5.91 Å². The maximum atomic E-state index is 12.4. The Morgan fingerprint density at radius 3 is 2.50 bits per heavy atom. The van der Waals surface area contributed by atoms with Gasteiger partial charge in [0.1, 0.15) is 5.69 Å². The zero-order valence-corrected chi connectivity index (χ0v) is 13.9. The molecule has 0 fully saturated rings. The summed E-state index contributed by atoms with van der Waals surface area (Å²) in [6.07, 6.45) is 5.09. The van der Waals surface area contributed by atoms with Crippen LogP contribution < -0.4 is 5.32 Å². The number of hydrogen-bond acceptors (Lipinski definition) is 4. The molecule has 6 nitrogen and oxygen atoms in total. The molecule has 0 spiro atoms. The number of nitrogens with one attached hydrogen (secondary N) is 1. The zero-order valence-electron chi connectivity index (χ0n) is 13.9. The van der Waals surface area contributed by atoms with Crippen molar-refractivity contribution in [3.8, 4) is 0 Å². The average molecular weight is 306 g/mol. The second kappa shape index (κ2) is 9.12. The summed E-state index contributed by atoms with van der Waals surface area (Å²) >= 11 is 0. The molecule has 0 aliphatic heterocycles. The van der Waals surface area contributed by atoms with E-state index >= 15 is 0 Å². The van der Waals surface area contributed by atoms with Crippen LogP contribution in [0.15, 0.2) is 12.4 Å². The molecule has 1 unspecified atom stereocenters. The van der Waals surface area contributed by atoms with Gasteiger partial charge in [-0.1, -0.05) is 13.8 Å². The lowest BCUT2D eigenvalue weighted by molar-refractivity contribution is -0.121. The Kier molecular flexibility index (Phi) is 7.49. The lowest BCUT2D eigenvalue weighted by atomic mass is 10.2. The highest BCUT2D eigenvalue weighted by molar-refractivity contribution is 5.92. The molecule has 0 bridgehead atoms. The van der Waals surface area contributed by atoms with Crippen molar-refractivity contribution in [2.24, 2.45) is 0 Å². The van der Waals surface area contributed by atoms with E-state index in [0.717, 1.165) is 18.5 Å². The van der Waals surface area contributed by atoms with Gasteiger partial charge in [-0.25, -0.2) is 4.98 Å². The molecular weight excluding hydrogens is 280 g/mol. The zero-order chi connectivity index (χ0) is 16.5. The quantitative estimate of drug-likeness (QED) is 0.796. The molecule has 1 aromatic heterocycles. The van der Waals surface area contributed by atoms with Crippen LogP contribution in [-0.2, 0) is 4.79 Å². The van der Waals surface area contributed by atoms with Gasteiger partial charge in [0, 0.05) is 31.7 Å². The summed E-state index contributed by atoms with van der Waals surface area (Å²) in [4.78, 5) is 34.2. The van der Waals surface area contributed by atoms with Crippen LogP contribution in [0.5, 0.6) is 0 Å². The van der Waals surface area contributed by atoms with Crippen molar-refractivity contribution < 1.29 is 9.59 Å². The highest BCUT2D eigenvalue weighted by Gasteiger charge is 2.18. The minimum absolute atomic E-state index is 0.0294. The third-order valence-electron chi connectivity index (χ3n) is 3.41. The minimum atomic E-state index is -0.175. The fourth-order valence-electron chi connectivity index (χ4n) is 1.94. The standard InChI is InChI=1S/C16H26N4O2/c1-5-8-20(9-7-15(21)19-12(3)6-2)16(22)14-11-17-13(4)10-18-14/h10-12H,5-9H2,1-4H3,(H,19,21). The first-order valence-corrected chi connectivity index (χ1v) is 7.85. The SMILES string of the molecule is CCCN(CCC(=O)NC(C)CC)C(=O)c1cnc(C)cn1. The van der Waals surface area contributed by atoms with Gasteiger partial charge in [-0.15, -0.1) is 0 Å². The van der Waals surface area contributed by atoms with Crippen molar-refractivity contribution in [1.29, 1.82) is 0 Å². The molecule has 0 aromatic carbocycles. The van der Waals surface area contributed by atoms with Gasteiger partial charge in [-0.05, 0) is 26.7 Å². The number of aryl methyl sites for hydroxylation is 1. The summed E-state index contributed by atoms with van der Waals surface area (Å²) in [6.45, 7) is 8.81. The minimum Gasteiger partial charge on any atom is -0.354 e. The van der Waals surface area contributed by atoms with E-state index in [1.54, 1.807) is 11.1 Å². The smallest absolute Gasteiger partial charge is 0.274 e. The van der Waals surface area contributed by atoms with Crippen molar-refractivity contribution in [2.75, 3.05) is 13.1 Å². The number of hydrogen-bond donors (Lipinski definition) is 1. The normalized spacial score (nSPS) is 11.8. The van der Waals surface area contributed by atoms with E-state index < -0.39 is 0 Å². The van der Waals surface area contributed by atoms with E-state index in [2.05, 4.69) is 15.3 Å². The van der Waals surface area contributed by atoms with E-state index in [-0.39, 0.29) is 17.9 Å². The van der Waals surface area contributed by atoms with Crippen LogP contribution in [0.25, 0.3) is 0 Å². The number of nitrogens with zero attached hydrogens (tertiary/aromatic N) is 3. The van der Waals surface area contributed by atoms with E-state index in [1.165, 1.54) is 6.20 Å².